The van der Waals surface area contributed by atoms with Crippen LogP contribution in [0, 0.1) is 10.8 Å². The van der Waals surface area contributed by atoms with Crippen molar-refractivity contribution in [3.05, 3.63) is 0 Å². The maximum atomic E-state index is 12.9. The Morgan fingerprint density at radius 2 is 1.79 bits per heavy atom. The average molecular weight is 282 g/mol. The van der Waals surface area contributed by atoms with Crippen LogP contribution in [0.4, 0.5) is 0 Å². The first-order valence-electron chi connectivity index (χ1n) is 7.59. The van der Waals surface area contributed by atoms with Crippen molar-refractivity contribution < 1.29 is 4.79 Å². The SMILES string of the molecule is CCC1(CC)CCN(C(=O)C2(C(N)=S)CCCC2)C1. The second-order valence-corrected chi connectivity index (χ2v) is 6.78. The van der Waals surface area contributed by atoms with E-state index >= 15 is 0 Å². The van der Waals surface area contributed by atoms with Crippen LogP contribution < -0.4 is 5.73 Å². The second kappa shape index (κ2) is 5.39. The van der Waals surface area contributed by atoms with Crippen LogP contribution in [0.3, 0.4) is 0 Å². The first-order chi connectivity index (χ1) is 8.99. The Morgan fingerprint density at radius 1 is 1.21 bits per heavy atom. The summed E-state index contributed by atoms with van der Waals surface area (Å²) in [5, 5.41) is 0. The Kier molecular flexibility index (Phi) is 4.19. The van der Waals surface area contributed by atoms with Gasteiger partial charge in [-0.3, -0.25) is 4.79 Å². The number of hydrogen-bond acceptors (Lipinski definition) is 2. The van der Waals surface area contributed by atoms with Gasteiger partial charge in [0.05, 0.1) is 10.4 Å². The minimum atomic E-state index is -0.521. The van der Waals surface area contributed by atoms with Gasteiger partial charge in [0.1, 0.15) is 0 Å². The topological polar surface area (TPSA) is 46.3 Å². The third kappa shape index (κ3) is 2.39. The third-order valence-corrected chi connectivity index (χ3v) is 5.95. The van der Waals surface area contributed by atoms with Gasteiger partial charge >= 0.3 is 0 Å². The van der Waals surface area contributed by atoms with E-state index in [0.717, 1.165) is 58.0 Å². The molecule has 0 aromatic carbocycles. The predicted octanol–water partition coefficient (Wildman–Crippen LogP) is 2.87. The number of nitrogens with two attached hydrogens (primary N) is 1. The number of carbonyl (C=O) groups is 1. The third-order valence-electron chi connectivity index (χ3n) is 5.56. The van der Waals surface area contributed by atoms with Gasteiger partial charge in [-0.25, -0.2) is 0 Å². The molecule has 1 aliphatic carbocycles. The van der Waals surface area contributed by atoms with Gasteiger partial charge in [-0.2, -0.15) is 0 Å². The lowest BCUT2D eigenvalue weighted by Gasteiger charge is -2.33. The molecular formula is C15H26N2OS. The van der Waals surface area contributed by atoms with Gasteiger partial charge in [0.2, 0.25) is 5.91 Å². The fourth-order valence-electron chi connectivity index (χ4n) is 3.78. The number of nitrogens with zero attached hydrogens (tertiary/aromatic N) is 1. The zero-order chi connectivity index (χ0) is 14.1. The molecule has 0 spiro atoms. The van der Waals surface area contributed by atoms with E-state index in [-0.39, 0.29) is 5.91 Å². The minimum absolute atomic E-state index is 0.210. The Bertz CT molecular complexity index is 370. The summed E-state index contributed by atoms with van der Waals surface area (Å²) < 4.78 is 0. The van der Waals surface area contributed by atoms with Gasteiger partial charge in [0.25, 0.3) is 0 Å². The number of amides is 1. The molecule has 2 rings (SSSR count). The van der Waals surface area contributed by atoms with E-state index in [1.54, 1.807) is 0 Å². The van der Waals surface area contributed by atoms with Gasteiger partial charge in [-0.05, 0) is 37.5 Å². The number of hydrogen-bond donors (Lipinski definition) is 1. The molecule has 1 aliphatic heterocycles. The molecule has 0 unspecified atom stereocenters. The molecule has 0 aromatic rings. The predicted molar refractivity (Wildman–Crippen MR) is 81.9 cm³/mol. The molecule has 19 heavy (non-hydrogen) atoms. The van der Waals surface area contributed by atoms with E-state index in [1.165, 1.54) is 0 Å². The molecule has 1 amide bonds. The standard InChI is InChI=1S/C15H26N2OS/c1-3-14(4-2)9-10-17(11-14)13(18)15(12(16)19)7-5-6-8-15/h3-11H2,1-2H3,(H2,16,19). The molecule has 4 heteroatoms. The Hall–Kier alpha value is -0.640. The fraction of sp³-hybridized carbons (Fsp3) is 0.867. The van der Waals surface area contributed by atoms with Crippen LogP contribution in [0.15, 0.2) is 0 Å². The lowest BCUT2D eigenvalue weighted by atomic mass is 9.81. The minimum Gasteiger partial charge on any atom is -0.392 e. The Balaban J connectivity index is 2.14. The van der Waals surface area contributed by atoms with Crippen LogP contribution in [-0.2, 0) is 4.79 Å². The van der Waals surface area contributed by atoms with Gasteiger partial charge < -0.3 is 10.6 Å². The summed E-state index contributed by atoms with van der Waals surface area (Å²) in [6.45, 7) is 6.24. The van der Waals surface area contributed by atoms with Crippen LogP contribution in [-0.4, -0.2) is 28.9 Å². The zero-order valence-electron chi connectivity index (χ0n) is 12.2. The molecule has 1 saturated heterocycles. The van der Waals surface area contributed by atoms with Gasteiger partial charge in [0, 0.05) is 13.1 Å². The van der Waals surface area contributed by atoms with E-state index in [4.69, 9.17) is 18.0 Å². The molecule has 0 bridgehead atoms. The van der Waals surface area contributed by atoms with Crippen molar-refractivity contribution in [1.29, 1.82) is 0 Å². The smallest absolute Gasteiger partial charge is 0.235 e. The van der Waals surface area contributed by atoms with E-state index in [9.17, 15) is 4.79 Å². The summed E-state index contributed by atoms with van der Waals surface area (Å²) in [5.74, 6) is 0.210. The summed E-state index contributed by atoms with van der Waals surface area (Å²) in [5.41, 5.74) is 5.72. The molecule has 0 aromatic heterocycles. The van der Waals surface area contributed by atoms with Crippen LogP contribution >= 0.6 is 12.2 Å². The summed E-state index contributed by atoms with van der Waals surface area (Å²) in [7, 11) is 0. The van der Waals surface area contributed by atoms with Gasteiger partial charge in [0.15, 0.2) is 0 Å². The van der Waals surface area contributed by atoms with E-state index < -0.39 is 5.41 Å². The van der Waals surface area contributed by atoms with Crippen molar-refractivity contribution in [3.8, 4) is 0 Å². The molecular weight excluding hydrogens is 256 g/mol. The molecule has 3 nitrogen and oxygen atoms in total. The lowest BCUT2D eigenvalue weighted by molar-refractivity contribution is -0.137. The highest BCUT2D eigenvalue weighted by Crippen LogP contribution is 2.44. The normalized spacial score (nSPS) is 24.6. The highest BCUT2D eigenvalue weighted by Gasteiger charge is 2.49. The van der Waals surface area contributed by atoms with Crippen molar-refractivity contribution >= 4 is 23.1 Å². The van der Waals surface area contributed by atoms with Crippen molar-refractivity contribution in [2.24, 2.45) is 16.6 Å². The van der Waals surface area contributed by atoms with Gasteiger partial charge in [-0.15, -0.1) is 0 Å². The number of thiocarbonyl (C=S) groups is 1. The van der Waals surface area contributed by atoms with Crippen molar-refractivity contribution in [2.45, 2.75) is 58.8 Å². The van der Waals surface area contributed by atoms with Crippen LogP contribution in [0.25, 0.3) is 0 Å². The zero-order valence-corrected chi connectivity index (χ0v) is 13.0. The fourth-order valence-corrected chi connectivity index (χ4v) is 4.07. The Morgan fingerprint density at radius 3 is 2.21 bits per heavy atom. The van der Waals surface area contributed by atoms with Crippen molar-refractivity contribution in [1.82, 2.24) is 4.90 Å². The van der Waals surface area contributed by atoms with E-state index in [2.05, 4.69) is 13.8 Å². The molecule has 2 fully saturated rings. The van der Waals surface area contributed by atoms with E-state index in [1.807, 2.05) is 4.90 Å². The van der Waals surface area contributed by atoms with Crippen LogP contribution in [0.5, 0.6) is 0 Å². The molecule has 2 aliphatic rings. The number of carbonyl (C=O) groups excluding carboxylic acids is 1. The average Bonchev–Trinajstić information content (AvgIpc) is 3.06. The summed E-state index contributed by atoms with van der Waals surface area (Å²) in [6, 6.07) is 0. The highest BCUT2D eigenvalue weighted by molar-refractivity contribution is 7.80. The van der Waals surface area contributed by atoms with Crippen molar-refractivity contribution in [3.63, 3.8) is 0 Å². The summed E-state index contributed by atoms with van der Waals surface area (Å²) >= 11 is 5.22. The monoisotopic (exact) mass is 282 g/mol. The molecule has 108 valence electrons. The van der Waals surface area contributed by atoms with Crippen molar-refractivity contribution in [2.75, 3.05) is 13.1 Å². The maximum absolute atomic E-state index is 12.9. The maximum Gasteiger partial charge on any atom is 0.235 e. The summed E-state index contributed by atoms with van der Waals surface area (Å²) in [4.78, 5) is 15.3. The second-order valence-electron chi connectivity index (χ2n) is 6.34. The number of rotatable bonds is 4. The van der Waals surface area contributed by atoms with Crippen LogP contribution in [0.1, 0.15) is 58.8 Å². The highest BCUT2D eigenvalue weighted by atomic mass is 32.1. The Labute approximate surface area is 121 Å². The first-order valence-corrected chi connectivity index (χ1v) is 8.00. The number of likely N-dealkylation sites (tertiary alicyclic amines) is 1. The quantitative estimate of drug-likeness (QED) is 0.807. The lowest BCUT2D eigenvalue weighted by Crippen LogP contribution is -2.49. The molecule has 0 radical (unpaired) electrons. The van der Waals surface area contributed by atoms with Gasteiger partial charge in [-0.1, -0.05) is 38.9 Å². The summed E-state index contributed by atoms with van der Waals surface area (Å²) in [6.07, 6.45) is 7.26. The molecule has 2 N–H and O–H groups in total. The van der Waals surface area contributed by atoms with E-state index in [0.29, 0.717) is 10.4 Å². The first kappa shape index (κ1) is 14.8. The van der Waals surface area contributed by atoms with Crippen LogP contribution in [0.2, 0.25) is 0 Å². The largest absolute Gasteiger partial charge is 0.392 e. The molecule has 0 atom stereocenters. The molecule has 1 saturated carbocycles. The molecule has 1 heterocycles.